The van der Waals surface area contributed by atoms with Gasteiger partial charge in [-0.3, -0.25) is 9.59 Å². The van der Waals surface area contributed by atoms with Gasteiger partial charge in [-0.2, -0.15) is 6.42 Å². The third-order valence-electron chi connectivity index (χ3n) is 8.49. The number of carbonyl (C=O) groups is 2. The van der Waals surface area contributed by atoms with Crippen LogP contribution in [-0.4, -0.2) is 36.4 Å². The lowest BCUT2D eigenvalue weighted by Gasteiger charge is -2.12. The highest BCUT2D eigenvalue weighted by Gasteiger charge is 2.12. The SMILES string of the molecule is [CH2-]CCCCCCCCCCCCCCCC(=O)OC[C@@H](O)COC(=O)CCCCCCCCCCCCCCCCC. The summed E-state index contributed by atoms with van der Waals surface area (Å²) < 4.78 is 10.3. The van der Waals surface area contributed by atoms with Gasteiger partial charge in [0, 0.05) is 12.8 Å². The largest absolute Gasteiger partial charge is 0.463 e. The Bertz CT molecular complexity index is 579. The molecule has 1 N–H and O–H groups in total. The van der Waals surface area contributed by atoms with Crippen molar-refractivity contribution in [1.82, 2.24) is 0 Å². The van der Waals surface area contributed by atoms with Crippen molar-refractivity contribution in [3.63, 3.8) is 0 Å². The topological polar surface area (TPSA) is 72.8 Å². The van der Waals surface area contributed by atoms with E-state index in [4.69, 9.17) is 9.47 Å². The van der Waals surface area contributed by atoms with E-state index in [1.165, 1.54) is 148 Å². The number of hydrogen-bond donors (Lipinski definition) is 1. The summed E-state index contributed by atoms with van der Waals surface area (Å²) in [6, 6.07) is 0. The number of ether oxygens (including phenoxy) is 2. The van der Waals surface area contributed by atoms with Gasteiger partial charge in [0.25, 0.3) is 0 Å². The van der Waals surface area contributed by atoms with Crippen LogP contribution in [-0.2, 0) is 19.1 Å². The lowest BCUT2D eigenvalue weighted by atomic mass is 10.0. The summed E-state index contributed by atoms with van der Waals surface area (Å²) >= 11 is 0. The Hall–Kier alpha value is -1.10. The van der Waals surface area contributed by atoms with E-state index in [0.717, 1.165) is 38.5 Å². The highest BCUT2D eigenvalue weighted by molar-refractivity contribution is 5.69. The first-order chi connectivity index (χ1) is 21.1. The number of carbonyl (C=O) groups excluding carboxylic acids is 2. The molecule has 0 bridgehead atoms. The minimum atomic E-state index is -0.956. The predicted molar refractivity (Wildman–Crippen MR) is 182 cm³/mol. The second kappa shape index (κ2) is 35.4. The van der Waals surface area contributed by atoms with E-state index in [-0.39, 0.29) is 25.2 Å². The number of hydrogen-bond acceptors (Lipinski definition) is 5. The van der Waals surface area contributed by atoms with Crippen LogP contribution < -0.4 is 0 Å². The molecule has 0 radical (unpaired) electrons. The fourth-order valence-electron chi connectivity index (χ4n) is 5.60. The first kappa shape index (κ1) is 41.9. The number of esters is 2. The van der Waals surface area contributed by atoms with Gasteiger partial charge >= 0.3 is 11.9 Å². The van der Waals surface area contributed by atoms with Crippen molar-refractivity contribution in [2.75, 3.05) is 13.2 Å². The van der Waals surface area contributed by atoms with Crippen LogP contribution in [0.2, 0.25) is 0 Å². The second-order valence-electron chi connectivity index (χ2n) is 12.9. The maximum Gasteiger partial charge on any atom is 0.305 e. The van der Waals surface area contributed by atoms with Crippen molar-refractivity contribution in [3.8, 4) is 0 Å². The minimum Gasteiger partial charge on any atom is -0.463 e. The molecule has 0 saturated heterocycles. The molecule has 0 aromatic carbocycles. The Morgan fingerprint density at radius 3 is 1.00 bits per heavy atom. The van der Waals surface area contributed by atoms with Gasteiger partial charge in [0.15, 0.2) is 0 Å². The first-order valence-electron chi connectivity index (χ1n) is 18.9. The molecular formula is C38H73O5-. The normalized spacial score (nSPS) is 12.0. The zero-order valence-electron chi connectivity index (χ0n) is 28.7. The van der Waals surface area contributed by atoms with Gasteiger partial charge in [0.05, 0.1) is 0 Å². The molecule has 1 atom stereocenters. The maximum atomic E-state index is 11.9. The molecule has 0 aliphatic rings. The molecule has 5 heteroatoms. The third-order valence-corrected chi connectivity index (χ3v) is 8.49. The monoisotopic (exact) mass is 610 g/mol. The summed E-state index contributed by atoms with van der Waals surface area (Å²) in [4.78, 5) is 23.9. The summed E-state index contributed by atoms with van der Waals surface area (Å²) in [6.45, 7) is 5.94. The fraction of sp³-hybridized carbons (Fsp3) is 0.921. The van der Waals surface area contributed by atoms with Crippen molar-refractivity contribution in [2.24, 2.45) is 0 Å². The molecule has 0 spiro atoms. The van der Waals surface area contributed by atoms with Crippen LogP contribution in [0.25, 0.3) is 0 Å². The lowest BCUT2D eigenvalue weighted by molar-refractivity contribution is -0.152. The third kappa shape index (κ3) is 35.3. The predicted octanol–water partition coefficient (Wildman–Crippen LogP) is 11.4. The van der Waals surface area contributed by atoms with Crippen LogP contribution in [0.15, 0.2) is 0 Å². The highest BCUT2D eigenvalue weighted by Crippen LogP contribution is 2.15. The van der Waals surface area contributed by atoms with Gasteiger partial charge in [0.2, 0.25) is 0 Å². The average Bonchev–Trinajstić information content (AvgIpc) is 3.01. The maximum absolute atomic E-state index is 11.9. The van der Waals surface area contributed by atoms with Crippen LogP contribution >= 0.6 is 0 Å². The molecule has 0 unspecified atom stereocenters. The average molecular weight is 610 g/mol. The van der Waals surface area contributed by atoms with Gasteiger partial charge in [-0.15, -0.1) is 0 Å². The molecule has 0 fully saturated rings. The standard InChI is InChI=1S/C38H73O5/c1-3-5-7-9-11-13-15-17-19-21-23-25-27-29-31-33-38(41)43-35-36(39)34-42-37(40)32-30-28-26-24-22-20-18-16-14-12-10-8-6-4-2/h36,39H,2-35H2,1H3/q-1/t36-/m1/s1. The van der Waals surface area contributed by atoms with E-state index in [2.05, 4.69) is 13.8 Å². The number of rotatable bonds is 35. The van der Waals surface area contributed by atoms with Crippen molar-refractivity contribution >= 4 is 11.9 Å². The quantitative estimate of drug-likeness (QED) is 0.0439. The molecule has 256 valence electrons. The molecule has 0 rings (SSSR count). The summed E-state index contributed by atoms with van der Waals surface area (Å²) in [7, 11) is 0. The number of aliphatic hydroxyl groups excluding tert-OH is 1. The van der Waals surface area contributed by atoms with Crippen LogP contribution in [0.4, 0.5) is 0 Å². The Balaban J connectivity index is 3.38. The molecule has 0 aliphatic heterocycles. The van der Waals surface area contributed by atoms with Crippen molar-refractivity contribution in [1.29, 1.82) is 0 Å². The van der Waals surface area contributed by atoms with Gasteiger partial charge in [-0.1, -0.05) is 174 Å². The van der Waals surface area contributed by atoms with Crippen LogP contribution in [0.3, 0.4) is 0 Å². The molecular weight excluding hydrogens is 536 g/mol. The van der Waals surface area contributed by atoms with Crippen LogP contribution in [0.5, 0.6) is 0 Å². The molecule has 0 saturated carbocycles. The van der Waals surface area contributed by atoms with E-state index in [1.54, 1.807) is 0 Å². The molecule has 43 heavy (non-hydrogen) atoms. The van der Waals surface area contributed by atoms with Gasteiger partial charge in [-0.25, -0.2) is 0 Å². The van der Waals surface area contributed by atoms with Gasteiger partial charge in [0.1, 0.15) is 19.3 Å². The second-order valence-corrected chi connectivity index (χ2v) is 12.9. The minimum absolute atomic E-state index is 0.110. The van der Waals surface area contributed by atoms with Gasteiger partial charge < -0.3 is 21.5 Å². The van der Waals surface area contributed by atoms with E-state index >= 15 is 0 Å². The first-order valence-corrected chi connectivity index (χ1v) is 18.9. The smallest absolute Gasteiger partial charge is 0.305 e. The van der Waals surface area contributed by atoms with E-state index in [0.29, 0.717) is 12.8 Å². The molecule has 0 amide bonds. The summed E-state index contributed by atoms with van der Waals surface area (Å²) in [6.07, 6.45) is 36.6. The highest BCUT2D eigenvalue weighted by atomic mass is 16.6. The fourth-order valence-corrected chi connectivity index (χ4v) is 5.60. The summed E-state index contributed by atoms with van der Waals surface area (Å²) in [5.41, 5.74) is 0. The van der Waals surface area contributed by atoms with Crippen LogP contribution in [0.1, 0.15) is 206 Å². The van der Waals surface area contributed by atoms with Crippen molar-refractivity contribution < 1.29 is 24.2 Å². The number of aliphatic hydroxyl groups is 1. The zero-order valence-corrected chi connectivity index (χ0v) is 28.7. The van der Waals surface area contributed by atoms with Crippen molar-refractivity contribution in [2.45, 2.75) is 212 Å². The summed E-state index contributed by atoms with van der Waals surface area (Å²) in [5.74, 6) is -0.557. The Kier molecular flexibility index (Phi) is 34.5. The van der Waals surface area contributed by atoms with E-state index in [9.17, 15) is 14.7 Å². The van der Waals surface area contributed by atoms with Crippen LogP contribution in [0, 0.1) is 6.92 Å². The van der Waals surface area contributed by atoms with E-state index < -0.39 is 6.10 Å². The lowest BCUT2D eigenvalue weighted by Crippen LogP contribution is -2.25. The molecule has 5 nitrogen and oxygen atoms in total. The molecule has 0 aromatic heterocycles. The summed E-state index contributed by atoms with van der Waals surface area (Å²) in [5, 5.41) is 9.99. The van der Waals surface area contributed by atoms with E-state index in [1.807, 2.05) is 0 Å². The van der Waals surface area contributed by atoms with Gasteiger partial charge in [-0.05, 0) is 12.8 Å². The Morgan fingerprint density at radius 1 is 0.465 bits per heavy atom. The Morgan fingerprint density at radius 2 is 0.721 bits per heavy atom. The molecule has 0 aliphatic carbocycles. The zero-order chi connectivity index (χ0) is 31.5. The molecule has 0 aromatic rings. The Labute approximate surface area is 268 Å². The number of unbranched alkanes of at least 4 members (excludes halogenated alkanes) is 27. The molecule has 0 heterocycles. The van der Waals surface area contributed by atoms with Crippen molar-refractivity contribution in [3.05, 3.63) is 6.92 Å².